The second kappa shape index (κ2) is 7.17. The normalized spacial score (nSPS) is 15.1. The first kappa shape index (κ1) is 16.7. The van der Waals surface area contributed by atoms with Crippen molar-refractivity contribution in [2.75, 3.05) is 5.32 Å². The first-order valence-electron chi connectivity index (χ1n) is 8.10. The van der Waals surface area contributed by atoms with Crippen LogP contribution in [0.2, 0.25) is 0 Å². The molecule has 2 N–H and O–H groups in total. The van der Waals surface area contributed by atoms with Crippen LogP contribution in [0.15, 0.2) is 21.9 Å². The molecule has 1 saturated carbocycles. The van der Waals surface area contributed by atoms with Gasteiger partial charge >= 0.3 is 0 Å². The van der Waals surface area contributed by atoms with Gasteiger partial charge in [0.25, 0.3) is 0 Å². The average molecular weight is 347 g/mol. The fourth-order valence-electron chi connectivity index (χ4n) is 2.56. The molecular formula is C17H21N3O3S. The van der Waals surface area contributed by atoms with Crippen LogP contribution in [-0.4, -0.2) is 16.8 Å². The second-order valence-corrected chi connectivity index (χ2v) is 7.14. The number of furan rings is 1. The molecule has 1 aliphatic rings. The van der Waals surface area contributed by atoms with Crippen molar-refractivity contribution in [3.8, 4) is 11.5 Å². The van der Waals surface area contributed by atoms with E-state index in [1.807, 2.05) is 11.4 Å². The molecule has 2 amide bonds. The first-order chi connectivity index (χ1) is 11.5. The van der Waals surface area contributed by atoms with Gasteiger partial charge in [0, 0.05) is 18.7 Å². The van der Waals surface area contributed by atoms with Crippen LogP contribution < -0.4 is 10.6 Å². The first-order valence-corrected chi connectivity index (χ1v) is 8.98. The quantitative estimate of drug-likeness (QED) is 0.804. The summed E-state index contributed by atoms with van der Waals surface area (Å²) in [5, 5.41) is 7.97. The highest BCUT2D eigenvalue weighted by Crippen LogP contribution is 2.38. The maximum absolute atomic E-state index is 12.0. The average Bonchev–Trinajstić information content (AvgIpc) is 3.10. The number of aromatic nitrogens is 1. The maximum atomic E-state index is 12.0. The Morgan fingerprint density at radius 3 is 2.92 bits per heavy atom. The molecule has 0 saturated heterocycles. The van der Waals surface area contributed by atoms with Crippen LogP contribution >= 0.6 is 11.3 Å². The molecule has 0 aromatic carbocycles. The lowest BCUT2D eigenvalue weighted by Gasteiger charge is -2.08. The zero-order valence-corrected chi connectivity index (χ0v) is 14.6. The Morgan fingerprint density at radius 1 is 1.42 bits per heavy atom. The van der Waals surface area contributed by atoms with Crippen molar-refractivity contribution in [3.63, 3.8) is 0 Å². The van der Waals surface area contributed by atoms with Crippen LogP contribution in [0, 0.1) is 11.8 Å². The lowest BCUT2D eigenvalue weighted by atomic mass is 10.0. The van der Waals surface area contributed by atoms with E-state index in [9.17, 15) is 9.59 Å². The fourth-order valence-corrected chi connectivity index (χ4v) is 3.28. The van der Waals surface area contributed by atoms with Crippen LogP contribution in [0.25, 0.3) is 11.5 Å². The van der Waals surface area contributed by atoms with Gasteiger partial charge in [0.1, 0.15) is 11.5 Å². The van der Waals surface area contributed by atoms with Gasteiger partial charge in [0.05, 0.1) is 6.54 Å². The largest absolute Gasteiger partial charge is 0.458 e. The molecule has 0 aliphatic heterocycles. The van der Waals surface area contributed by atoms with Crippen molar-refractivity contribution in [3.05, 3.63) is 23.3 Å². The molecule has 6 nitrogen and oxygen atoms in total. The molecule has 1 aliphatic carbocycles. The molecule has 0 radical (unpaired) electrons. The SMILES string of the molecule is CC(=O)NCc1ccc(-c2csc(NC(=O)C[C@H](C)C3CC3)n2)o1. The van der Waals surface area contributed by atoms with E-state index in [1.165, 1.54) is 31.1 Å². The summed E-state index contributed by atoms with van der Waals surface area (Å²) >= 11 is 1.38. The highest BCUT2D eigenvalue weighted by molar-refractivity contribution is 7.14. The van der Waals surface area contributed by atoms with Gasteiger partial charge in [-0.1, -0.05) is 6.92 Å². The van der Waals surface area contributed by atoms with Crippen molar-refractivity contribution in [2.45, 2.75) is 39.7 Å². The number of nitrogens with zero attached hydrogens (tertiary/aromatic N) is 1. The Labute approximate surface area is 144 Å². The highest BCUT2D eigenvalue weighted by Gasteiger charge is 2.29. The van der Waals surface area contributed by atoms with Crippen LogP contribution in [0.1, 0.15) is 38.9 Å². The van der Waals surface area contributed by atoms with Gasteiger partial charge < -0.3 is 15.1 Å². The van der Waals surface area contributed by atoms with Crippen molar-refractivity contribution in [1.82, 2.24) is 10.3 Å². The second-order valence-electron chi connectivity index (χ2n) is 6.28. The number of nitrogens with one attached hydrogen (secondary N) is 2. The van der Waals surface area contributed by atoms with Crippen LogP contribution in [0.5, 0.6) is 0 Å². The minimum Gasteiger partial charge on any atom is -0.458 e. The Kier molecular flexibility index (Phi) is 4.99. The topological polar surface area (TPSA) is 84.2 Å². The number of thiazole rings is 1. The van der Waals surface area contributed by atoms with Crippen molar-refractivity contribution < 1.29 is 14.0 Å². The molecule has 24 heavy (non-hydrogen) atoms. The van der Waals surface area contributed by atoms with Gasteiger partial charge in [-0.2, -0.15) is 0 Å². The van der Waals surface area contributed by atoms with E-state index < -0.39 is 0 Å². The standard InChI is InChI=1S/C17H21N3O3S/c1-10(12-3-4-12)7-16(22)20-17-19-14(9-24-17)15-6-5-13(23-15)8-18-11(2)21/h5-6,9-10,12H,3-4,7-8H2,1-2H3,(H,18,21)(H,19,20,22)/t10-/m0/s1. The number of rotatable bonds is 7. The minimum atomic E-state index is -0.105. The van der Waals surface area contributed by atoms with Gasteiger partial charge in [-0.3, -0.25) is 9.59 Å². The Morgan fingerprint density at radius 2 is 2.21 bits per heavy atom. The third kappa shape index (κ3) is 4.44. The van der Waals surface area contributed by atoms with Gasteiger partial charge in [0.15, 0.2) is 10.9 Å². The summed E-state index contributed by atoms with van der Waals surface area (Å²) in [7, 11) is 0. The predicted molar refractivity (Wildman–Crippen MR) is 92.5 cm³/mol. The molecule has 7 heteroatoms. The molecule has 3 rings (SSSR count). The maximum Gasteiger partial charge on any atom is 0.226 e. The summed E-state index contributed by atoms with van der Waals surface area (Å²) < 4.78 is 5.66. The predicted octanol–water partition coefficient (Wildman–Crippen LogP) is 3.41. The molecule has 0 bridgehead atoms. The Bertz CT molecular complexity index is 733. The number of carbonyl (C=O) groups excluding carboxylic acids is 2. The highest BCUT2D eigenvalue weighted by atomic mass is 32.1. The van der Waals surface area contributed by atoms with E-state index in [4.69, 9.17) is 4.42 Å². The zero-order chi connectivity index (χ0) is 17.1. The lowest BCUT2D eigenvalue weighted by Crippen LogP contribution is -2.18. The number of carbonyl (C=O) groups is 2. The molecule has 2 aromatic rings. The van der Waals surface area contributed by atoms with Gasteiger partial charge in [-0.15, -0.1) is 11.3 Å². The smallest absolute Gasteiger partial charge is 0.226 e. The molecule has 2 heterocycles. The van der Waals surface area contributed by atoms with Crippen molar-refractivity contribution >= 4 is 28.3 Å². The molecule has 1 fully saturated rings. The number of amides is 2. The van der Waals surface area contributed by atoms with E-state index in [1.54, 1.807) is 6.07 Å². The molecule has 0 spiro atoms. The summed E-state index contributed by atoms with van der Waals surface area (Å²) in [5.74, 6) is 2.35. The van der Waals surface area contributed by atoms with E-state index in [0.29, 0.717) is 47.1 Å². The molecule has 0 unspecified atom stereocenters. The van der Waals surface area contributed by atoms with Crippen LogP contribution in [0.3, 0.4) is 0 Å². The monoisotopic (exact) mass is 347 g/mol. The molecular weight excluding hydrogens is 326 g/mol. The molecule has 128 valence electrons. The van der Waals surface area contributed by atoms with E-state index in [-0.39, 0.29) is 11.8 Å². The molecule has 1 atom stereocenters. The van der Waals surface area contributed by atoms with Crippen molar-refractivity contribution in [1.29, 1.82) is 0 Å². The summed E-state index contributed by atoms with van der Waals surface area (Å²) in [5.41, 5.74) is 0.680. The van der Waals surface area contributed by atoms with Gasteiger partial charge in [0.2, 0.25) is 11.8 Å². The summed E-state index contributed by atoms with van der Waals surface area (Å²) in [6, 6.07) is 3.62. The summed E-state index contributed by atoms with van der Waals surface area (Å²) in [6.07, 6.45) is 3.03. The Balaban J connectivity index is 1.56. The Hall–Kier alpha value is -2.15. The number of hydrogen-bond donors (Lipinski definition) is 2. The summed E-state index contributed by atoms with van der Waals surface area (Å²) in [6.45, 7) is 3.94. The summed E-state index contributed by atoms with van der Waals surface area (Å²) in [4.78, 5) is 27.4. The van der Waals surface area contributed by atoms with E-state index in [2.05, 4.69) is 22.5 Å². The van der Waals surface area contributed by atoms with E-state index >= 15 is 0 Å². The van der Waals surface area contributed by atoms with Crippen LogP contribution in [0.4, 0.5) is 5.13 Å². The minimum absolute atomic E-state index is 0.0149. The zero-order valence-electron chi connectivity index (χ0n) is 13.8. The third-order valence-electron chi connectivity index (χ3n) is 4.11. The van der Waals surface area contributed by atoms with E-state index in [0.717, 1.165) is 0 Å². The molecule has 2 aromatic heterocycles. The third-order valence-corrected chi connectivity index (χ3v) is 4.87. The van der Waals surface area contributed by atoms with Crippen molar-refractivity contribution in [2.24, 2.45) is 11.8 Å². The van der Waals surface area contributed by atoms with Gasteiger partial charge in [-0.25, -0.2) is 4.98 Å². The fraction of sp³-hybridized carbons (Fsp3) is 0.471. The van der Waals surface area contributed by atoms with Crippen LogP contribution in [-0.2, 0) is 16.1 Å². The lowest BCUT2D eigenvalue weighted by molar-refractivity contribution is -0.119. The van der Waals surface area contributed by atoms with Gasteiger partial charge in [-0.05, 0) is 36.8 Å². The number of hydrogen-bond acceptors (Lipinski definition) is 5. The number of anilines is 1.